The summed E-state index contributed by atoms with van der Waals surface area (Å²) in [7, 11) is 4.83. The second-order valence-corrected chi connectivity index (χ2v) is 8.53. The molecule has 0 aromatic heterocycles. The molecule has 180 valence electrons. The van der Waals surface area contributed by atoms with Crippen molar-refractivity contribution in [3.05, 3.63) is 53.1 Å². The highest BCUT2D eigenvalue weighted by atomic mass is 16.5. The van der Waals surface area contributed by atoms with Crippen LogP contribution in [0.3, 0.4) is 0 Å². The van der Waals surface area contributed by atoms with E-state index >= 15 is 0 Å². The van der Waals surface area contributed by atoms with Crippen LogP contribution in [0.1, 0.15) is 49.3 Å². The largest absolute Gasteiger partial charge is 0.493 e. The molecule has 1 atom stereocenters. The number of hydrazone groups is 1. The van der Waals surface area contributed by atoms with Gasteiger partial charge in [-0.3, -0.25) is 4.79 Å². The number of carbonyl (C=O) groups excluding carboxylic acids is 2. The number of benzene rings is 2. The van der Waals surface area contributed by atoms with Gasteiger partial charge in [0.1, 0.15) is 0 Å². The highest BCUT2D eigenvalue weighted by Gasteiger charge is 2.30. The van der Waals surface area contributed by atoms with E-state index in [2.05, 4.69) is 5.32 Å². The van der Waals surface area contributed by atoms with Crippen LogP contribution in [0.4, 0.5) is 10.5 Å². The maximum atomic E-state index is 12.8. The Balaban J connectivity index is 1.83. The third kappa shape index (κ3) is 4.44. The Kier molecular flexibility index (Phi) is 7.05. The third-order valence-electron chi connectivity index (χ3n) is 6.54. The van der Waals surface area contributed by atoms with Crippen molar-refractivity contribution in [1.82, 2.24) is 10.3 Å². The number of ether oxygens (including phenoxy) is 2. The van der Waals surface area contributed by atoms with Crippen LogP contribution in [0.5, 0.6) is 11.5 Å². The van der Waals surface area contributed by atoms with Gasteiger partial charge in [0.15, 0.2) is 11.5 Å². The van der Waals surface area contributed by atoms with Gasteiger partial charge in [-0.15, -0.1) is 0 Å². The number of amides is 3. The number of fused-ring (bicyclic) bond motifs is 1. The molecule has 0 spiro atoms. The number of piperidine rings is 1. The van der Waals surface area contributed by atoms with Crippen molar-refractivity contribution >= 4 is 23.3 Å². The molecule has 0 radical (unpaired) electrons. The predicted molar refractivity (Wildman–Crippen MR) is 132 cm³/mol. The number of nitrogens with one attached hydrogen (secondary N) is 1. The van der Waals surface area contributed by atoms with Gasteiger partial charge in [0.05, 0.1) is 26.0 Å². The Bertz CT molecular complexity index is 1100. The minimum Gasteiger partial charge on any atom is -0.493 e. The Morgan fingerprint density at radius 1 is 1.12 bits per heavy atom. The fourth-order valence-corrected chi connectivity index (χ4v) is 4.63. The van der Waals surface area contributed by atoms with Crippen molar-refractivity contribution in [2.75, 3.05) is 32.7 Å². The lowest BCUT2D eigenvalue weighted by molar-refractivity contribution is -0.119. The summed E-state index contributed by atoms with van der Waals surface area (Å²) in [6.07, 6.45) is 3.92. The number of hydrogen-bond acceptors (Lipinski definition) is 5. The highest BCUT2D eigenvalue weighted by molar-refractivity contribution is 6.14. The van der Waals surface area contributed by atoms with E-state index in [4.69, 9.17) is 14.6 Å². The predicted octanol–water partition coefficient (Wildman–Crippen LogP) is 3.95. The number of carbonyl (C=O) groups is 2. The summed E-state index contributed by atoms with van der Waals surface area (Å²) in [5.41, 5.74) is 4.33. The summed E-state index contributed by atoms with van der Waals surface area (Å²) in [5.74, 6) is 1.40. The molecule has 0 saturated carbocycles. The van der Waals surface area contributed by atoms with Crippen molar-refractivity contribution < 1.29 is 19.1 Å². The quantitative estimate of drug-likeness (QED) is 0.726. The van der Waals surface area contributed by atoms with Crippen molar-refractivity contribution in [2.45, 2.75) is 45.1 Å². The smallest absolute Gasteiger partial charge is 0.337 e. The summed E-state index contributed by atoms with van der Waals surface area (Å²) in [6.45, 7) is 2.79. The fourth-order valence-electron chi connectivity index (χ4n) is 4.63. The van der Waals surface area contributed by atoms with Crippen LogP contribution in [-0.2, 0) is 11.2 Å². The number of methoxy groups -OCH3 is 2. The first kappa shape index (κ1) is 23.6. The topological polar surface area (TPSA) is 83.5 Å². The van der Waals surface area contributed by atoms with E-state index in [0.717, 1.165) is 48.2 Å². The average molecular weight is 465 g/mol. The molecule has 4 rings (SSSR count). The van der Waals surface area contributed by atoms with E-state index in [9.17, 15) is 9.59 Å². The molecule has 0 aliphatic carbocycles. The van der Waals surface area contributed by atoms with E-state index in [1.54, 1.807) is 21.3 Å². The standard InChI is InChI=1S/C26H32N4O4/c1-5-19-14-18-15-22(33-3)23(34-4)16-21(18)25(28-30(19)26(32)27-2)17-9-11-20(12-10-17)29-13-7-6-8-24(29)31/h9-12,15-16,19H,5-8,13-14H2,1-4H3,(H,27,32). The normalized spacial score (nSPS) is 18.1. The Hall–Kier alpha value is -3.55. The molecule has 2 aromatic rings. The van der Waals surface area contributed by atoms with Gasteiger partial charge >= 0.3 is 6.03 Å². The molecule has 2 aliphatic heterocycles. The molecular weight excluding hydrogens is 432 g/mol. The van der Waals surface area contributed by atoms with Gasteiger partial charge in [-0.2, -0.15) is 5.10 Å². The van der Waals surface area contributed by atoms with Crippen molar-refractivity contribution in [3.8, 4) is 11.5 Å². The Morgan fingerprint density at radius 2 is 1.82 bits per heavy atom. The third-order valence-corrected chi connectivity index (χ3v) is 6.54. The van der Waals surface area contributed by atoms with Crippen molar-refractivity contribution in [1.29, 1.82) is 0 Å². The van der Waals surface area contributed by atoms with Gasteiger partial charge in [-0.05, 0) is 55.5 Å². The molecular formula is C26H32N4O4. The minimum absolute atomic E-state index is 0.112. The summed E-state index contributed by atoms with van der Waals surface area (Å²) in [5, 5.41) is 9.11. The van der Waals surface area contributed by atoms with Gasteiger partial charge in [0, 0.05) is 36.8 Å². The maximum absolute atomic E-state index is 12.8. The molecule has 2 aliphatic rings. The van der Waals surface area contributed by atoms with Crippen LogP contribution in [0.25, 0.3) is 0 Å². The van der Waals surface area contributed by atoms with Gasteiger partial charge in [0.2, 0.25) is 5.91 Å². The zero-order valence-corrected chi connectivity index (χ0v) is 20.3. The number of rotatable bonds is 5. The molecule has 2 aromatic carbocycles. The zero-order valence-electron chi connectivity index (χ0n) is 20.3. The molecule has 8 nitrogen and oxygen atoms in total. The van der Waals surface area contributed by atoms with Gasteiger partial charge in [-0.1, -0.05) is 19.1 Å². The summed E-state index contributed by atoms with van der Waals surface area (Å²) < 4.78 is 11.1. The second-order valence-electron chi connectivity index (χ2n) is 8.53. The monoisotopic (exact) mass is 464 g/mol. The van der Waals surface area contributed by atoms with E-state index in [1.165, 1.54) is 5.01 Å². The molecule has 1 fully saturated rings. The molecule has 3 amide bonds. The highest BCUT2D eigenvalue weighted by Crippen LogP contribution is 2.35. The first-order valence-corrected chi connectivity index (χ1v) is 11.8. The van der Waals surface area contributed by atoms with Crippen LogP contribution in [0.2, 0.25) is 0 Å². The van der Waals surface area contributed by atoms with Crippen LogP contribution < -0.4 is 19.7 Å². The molecule has 1 unspecified atom stereocenters. The molecule has 34 heavy (non-hydrogen) atoms. The minimum atomic E-state index is -0.258. The van der Waals surface area contributed by atoms with Crippen LogP contribution in [-0.4, -0.2) is 56.5 Å². The van der Waals surface area contributed by atoms with Gasteiger partial charge in [-0.25, -0.2) is 9.80 Å². The molecule has 2 heterocycles. The Morgan fingerprint density at radius 3 is 2.44 bits per heavy atom. The van der Waals surface area contributed by atoms with E-state index in [-0.39, 0.29) is 18.0 Å². The molecule has 8 heteroatoms. The Labute approximate surface area is 200 Å². The lowest BCUT2D eigenvalue weighted by Gasteiger charge is -2.27. The average Bonchev–Trinajstić information content (AvgIpc) is 3.04. The second kappa shape index (κ2) is 10.2. The maximum Gasteiger partial charge on any atom is 0.337 e. The first-order chi connectivity index (χ1) is 16.5. The summed E-state index contributed by atoms with van der Waals surface area (Å²) in [4.78, 5) is 27.0. The number of hydrogen-bond donors (Lipinski definition) is 1. The fraction of sp³-hybridized carbons (Fsp3) is 0.423. The lowest BCUT2D eigenvalue weighted by Crippen LogP contribution is -2.42. The van der Waals surface area contributed by atoms with E-state index in [1.807, 2.05) is 48.2 Å². The van der Waals surface area contributed by atoms with Crippen LogP contribution in [0.15, 0.2) is 41.5 Å². The lowest BCUT2D eigenvalue weighted by atomic mass is 9.93. The van der Waals surface area contributed by atoms with E-state index in [0.29, 0.717) is 30.1 Å². The van der Waals surface area contributed by atoms with Gasteiger partial charge in [0.25, 0.3) is 0 Å². The zero-order chi connectivity index (χ0) is 24.2. The SMILES string of the molecule is CCC1Cc2cc(OC)c(OC)cc2C(c2ccc(N3CCCCC3=O)cc2)=NN1C(=O)NC. The summed E-state index contributed by atoms with van der Waals surface area (Å²) >= 11 is 0. The summed E-state index contributed by atoms with van der Waals surface area (Å²) in [6, 6.07) is 11.4. The number of urea groups is 1. The van der Waals surface area contributed by atoms with Crippen LogP contribution in [0, 0.1) is 0 Å². The van der Waals surface area contributed by atoms with Crippen LogP contribution >= 0.6 is 0 Å². The number of anilines is 1. The van der Waals surface area contributed by atoms with E-state index < -0.39 is 0 Å². The van der Waals surface area contributed by atoms with Crippen molar-refractivity contribution in [2.24, 2.45) is 5.10 Å². The molecule has 1 saturated heterocycles. The van der Waals surface area contributed by atoms with Crippen molar-refractivity contribution in [3.63, 3.8) is 0 Å². The molecule has 1 N–H and O–H groups in total. The number of nitrogens with zero attached hydrogens (tertiary/aromatic N) is 3. The molecule has 0 bridgehead atoms. The first-order valence-electron chi connectivity index (χ1n) is 11.8. The van der Waals surface area contributed by atoms with Gasteiger partial charge < -0.3 is 19.7 Å².